The zero-order valence-electron chi connectivity index (χ0n) is 9.80. The van der Waals surface area contributed by atoms with Gasteiger partial charge in [-0.25, -0.2) is 0 Å². The molecule has 4 heteroatoms. The smallest absolute Gasteiger partial charge is 0.0873 e. The van der Waals surface area contributed by atoms with E-state index in [0.29, 0.717) is 17.9 Å². The van der Waals surface area contributed by atoms with Gasteiger partial charge in [-0.3, -0.25) is 4.99 Å². The normalized spacial score (nSPS) is 31.4. The molecule has 2 bridgehead atoms. The van der Waals surface area contributed by atoms with Crippen LogP contribution in [0.15, 0.2) is 39.1 Å². The fourth-order valence-electron chi connectivity index (χ4n) is 3.23. The third-order valence-electron chi connectivity index (χ3n) is 4.18. The Kier molecular flexibility index (Phi) is 2.33. The molecule has 1 aliphatic heterocycles. The maximum Gasteiger partial charge on any atom is 0.0873 e. The molecule has 5 rings (SSSR count). The molecule has 1 heterocycles. The van der Waals surface area contributed by atoms with Crippen LogP contribution >= 0.6 is 25.3 Å². The molecule has 1 aromatic carbocycles. The summed E-state index contributed by atoms with van der Waals surface area (Å²) in [5.74, 6) is 1.13. The summed E-state index contributed by atoms with van der Waals surface area (Å²) in [5.41, 5.74) is 3.40. The minimum Gasteiger partial charge on any atom is -0.375 e. The minimum absolute atomic E-state index is 0.389. The Bertz CT molecular complexity index is 592. The molecular weight excluding hydrogens is 260 g/mol. The highest BCUT2D eigenvalue weighted by molar-refractivity contribution is 7.83. The van der Waals surface area contributed by atoms with Crippen molar-refractivity contribution >= 4 is 42.3 Å². The molecule has 0 amide bonds. The molecule has 0 spiro atoms. The Balaban J connectivity index is 1.86. The van der Waals surface area contributed by atoms with E-state index in [-0.39, 0.29) is 0 Å². The first-order valence-corrected chi connectivity index (χ1v) is 7.21. The molecule has 3 aliphatic carbocycles. The van der Waals surface area contributed by atoms with Crippen molar-refractivity contribution in [3.8, 4) is 0 Å². The summed E-state index contributed by atoms with van der Waals surface area (Å²) in [4.78, 5) is 6.66. The molecule has 92 valence electrons. The standard InChI is InChI=1S/C14H14N2S2/c17-11-5-9-10(6-12(11)18)16-14-8-2-1-7(3-4-8)13(14)15-9/h1-2,5-8,13,15,17-18H,3-4H2. The number of anilines is 1. The monoisotopic (exact) mass is 274 g/mol. The van der Waals surface area contributed by atoms with Crippen LogP contribution < -0.4 is 5.32 Å². The van der Waals surface area contributed by atoms with E-state index in [0.717, 1.165) is 21.2 Å². The van der Waals surface area contributed by atoms with Gasteiger partial charge in [-0.05, 0) is 25.0 Å². The molecule has 18 heavy (non-hydrogen) atoms. The van der Waals surface area contributed by atoms with Crippen LogP contribution in [-0.2, 0) is 0 Å². The zero-order chi connectivity index (χ0) is 12.3. The van der Waals surface area contributed by atoms with Crippen LogP contribution in [0.25, 0.3) is 0 Å². The molecule has 1 aromatic rings. The Morgan fingerprint density at radius 1 is 1.11 bits per heavy atom. The van der Waals surface area contributed by atoms with Crippen LogP contribution in [0.4, 0.5) is 11.4 Å². The summed E-state index contributed by atoms with van der Waals surface area (Å²) in [5, 5.41) is 3.63. The minimum atomic E-state index is 0.389. The highest BCUT2D eigenvalue weighted by atomic mass is 32.1. The van der Waals surface area contributed by atoms with Crippen LogP contribution in [0.5, 0.6) is 0 Å². The van der Waals surface area contributed by atoms with E-state index in [1.807, 2.05) is 12.1 Å². The fourth-order valence-corrected chi connectivity index (χ4v) is 3.61. The van der Waals surface area contributed by atoms with E-state index >= 15 is 0 Å². The van der Waals surface area contributed by atoms with Gasteiger partial charge in [0.1, 0.15) is 0 Å². The predicted molar refractivity (Wildman–Crippen MR) is 80.8 cm³/mol. The summed E-state index contributed by atoms with van der Waals surface area (Å²) in [6, 6.07) is 4.43. The number of thiol groups is 2. The number of benzene rings is 1. The van der Waals surface area contributed by atoms with Gasteiger partial charge in [-0.1, -0.05) is 12.2 Å². The highest BCUT2D eigenvalue weighted by Crippen LogP contribution is 2.43. The molecule has 0 radical (unpaired) electrons. The quantitative estimate of drug-likeness (QED) is 0.487. The number of fused-ring (bicyclic) bond motifs is 2. The molecule has 0 aromatic heterocycles. The molecular formula is C14H14N2S2. The van der Waals surface area contributed by atoms with Gasteiger partial charge in [-0.15, -0.1) is 25.3 Å². The number of hydrogen-bond acceptors (Lipinski definition) is 4. The lowest BCUT2D eigenvalue weighted by atomic mass is 9.70. The molecule has 4 aliphatic rings. The average molecular weight is 274 g/mol. The van der Waals surface area contributed by atoms with E-state index in [2.05, 4.69) is 42.7 Å². The Labute approximate surface area is 117 Å². The van der Waals surface area contributed by atoms with E-state index in [4.69, 9.17) is 4.99 Å². The summed E-state index contributed by atoms with van der Waals surface area (Å²) in [6.07, 6.45) is 7.19. The number of nitrogens with zero attached hydrogens (tertiary/aromatic N) is 1. The molecule has 1 fully saturated rings. The molecule has 3 atom stereocenters. The van der Waals surface area contributed by atoms with Crippen LogP contribution in [-0.4, -0.2) is 11.8 Å². The first-order valence-electron chi connectivity index (χ1n) is 6.31. The second-order valence-electron chi connectivity index (χ2n) is 5.25. The second kappa shape index (κ2) is 3.81. The summed E-state index contributed by atoms with van der Waals surface area (Å²) >= 11 is 8.84. The summed E-state index contributed by atoms with van der Waals surface area (Å²) in [6.45, 7) is 0. The van der Waals surface area contributed by atoms with Crippen LogP contribution in [0, 0.1) is 11.8 Å². The third-order valence-corrected chi connectivity index (χ3v) is 5.10. The van der Waals surface area contributed by atoms with Crippen molar-refractivity contribution in [2.75, 3.05) is 5.32 Å². The molecule has 0 saturated heterocycles. The van der Waals surface area contributed by atoms with Crippen molar-refractivity contribution < 1.29 is 0 Å². The van der Waals surface area contributed by atoms with Crippen molar-refractivity contribution in [2.24, 2.45) is 16.8 Å². The van der Waals surface area contributed by atoms with Crippen molar-refractivity contribution in [2.45, 2.75) is 28.7 Å². The maximum absolute atomic E-state index is 4.87. The molecule has 2 nitrogen and oxygen atoms in total. The van der Waals surface area contributed by atoms with Gasteiger partial charge in [0, 0.05) is 27.3 Å². The first kappa shape index (κ1) is 11.0. The van der Waals surface area contributed by atoms with Crippen LogP contribution in [0.3, 0.4) is 0 Å². The predicted octanol–water partition coefficient (Wildman–Crippen LogP) is 3.73. The molecule has 3 unspecified atom stereocenters. The van der Waals surface area contributed by atoms with Crippen molar-refractivity contribution in [3.05, 3.63) is 24.3 Å². The number of allylic oxidation sites excluding steroid dienone is 1. The molecule has 1 saturated carbocycles. The van der Waals surface area contributed by atoms with E-state index < -0.39 is 0 Å². The van der Waals surface area contributed by atoms with Crippen LogP contribution in [0.1, 0.15) is 12.8 Å². The van der Waals surface area contributed by atoms with E-state index in [9.17, 15) is 0 Å². The van der Waals surface area contributed by atoms with Gasteiger partial charge in [0.15, 0.2) is 0 Å². The number of hydrogen-bond donors (Lipinski definition) is 3. The van der Waals surface area contributed by atoms with Crippen molar-refractivity contribution in [1.82, 2.24) is 0 Å². The largest absolute Gasteiger partial charge is 0.375 e. The highest BCUT2D eigenvalue weighted by Gasteiger charge is 2.39. The average Bonchev–Trinajstić information content (AvgIpc) is 2.39. The maximum atomic E-state index is 4.87. The molecule has 1 N–H and O–H groups in total. The van der Waals surface area contributed by atoms with Crippen molar-refractivity contribution in [3.63, 3.8) is 0 Å². The van der Waals surface area contributed by atoms with Gasteiger partial charge in [0.25, 0.3) is 0 Å². The Hall–Kier alpha value is -0.870. The second-order valence-corrected chi connectivity index (χ2v) is 6.21. The van der Waals surface area contributed by atoms with Gasteiger partial charge in [0.2, 0.25) is 0 Å². The SMILES string of the molecule is Sc1cc2c(cc1S)NC1C(=N2)C2C=CC1CC2. The lowest BCUT2D eigenvalue weighted by Gasteiger charge is -2.42. The first-order chi connectivity index (χ1) is 8.72. The van der Waals surface area contributed by atoms with Gasteiger partial charge in [0.05, 0.1) is 17.4 Å². The zero-order valence-corrected chi connectivity index (χ0v) is 11.6. The topological polar surface area (TPSA) is 24.4 Å². The van der Waals surface area contributed by atoms with E-state index in [1.165, 1.54) is 18.6 Å². The van der Waals surface area contributed by atoms with Crippen LogP contribution in [0.2, 0.25) is 0 Å². The van der Waals surface area contributed by atoms with Crippen molar-refractivity contribution in [1.29, 1.82) is 0 Å². The van der Waals surface area contributed by atoms with Gasteiger partial charge >= 0.3 is 0 Å². The van der Waals surface area contributed by atoms with Gasteiger partial charge in [-0.2, -0.15) is 0 Å². The lowest BCUT2D eigenvalue weighted by molar-refractivity contribution is 0.444. The number of rotatable bonds is 0. The number of aliphatic imine (C=N–C) groups is 1. The lowest BCUT2D eigenvalue weighted by Crippen LogP contribution is -2.47. The summed E-state index contributed by atoms with van der Waals surface area (Å²) in [7, 11) is 0. The summed E-state index contributed by atoms with van der Waals surface area (Å²) < 4.78 is 0. The van der Waals surface area contributed by atoms with Gasteiger partial charge < -0.3 is 5.32 Å². The van der Waals surface area contributed by atoms with E-state index in [1.54, 1.807) is 0 Å². The number of nitrogens with one attached hydrogen (secondary N) is 1. The third kappa shape index (κ3) is 1.48. The Morgan fingerprint density at radius 2 is 1.94 bits per heavy atom. The Morgan fingerprint density at radius 3 is 2.72 bits per heavy atom. The fraction of sp³-hybridized carbons (Fsp3) is 0.357.